The smallest absolute Gasteiger partial charge is 0.256 e. The fraction of sp³-hybridized carbons (Fsp3) is 0.538. The molecule has 1 saturated carbocycles. The Labute approximate surface area is 126 Å². The molecule has 0 bridgehead atoms. The van der Waals surface area contributed by atoms with Gasteiger partial charge in [0.25, 0.3) is 5.91 Å². The van der Waals surface area contributed by atoms with E-state index in [1.54, 1.807) is 24.2 Å². The topological polar surface area (TPSA) is 42.4 Å². The van der Waals surface area contributed by atoms with Crippen molar-refractivity contribution in [3.05, 3.63) is 27.5 Å². The second kappa shape index (κ2) is 6.68. The van der Waals surface area contributed by atoms with Gasteiger partial charge in [-0.3, -0.25) is 4.79 Å². The highest BCUT2D eigenvalue weighted by Gasteiger charge is 2.21. The van der Waals surface area contributed by atoms with Gasteiger partial charge in [-0.1, -0.05) is 11.6 Å². The van der Waals surface area contributed by atoms with Crippen LogP contribution < -0.4 is 0 Å². The Kier molecular flexibility index (Phi) is 5.19. The number of ether oxygens (including phenoxy) is 1. The van der Waals surface area contributed by atoms with Crippen molar-refractivity contribution in [2.24, 2.45) is 5.92 Å². The molecule has 4 nitrogen and oxygen atoms in total. The van der Waals surface area contributed by atoms with E-state index in [1.165, 1.54) is 12.8 Å². The minimum atomic E-state index is -0.145. The summed E-state index contributed by atoms with van der Waals surface area (Å²) in [6.07, 6.45) is 4.11. The molecule has 0 aromatic carbocycles. The highest BCUT2D eigenvalue weighted by molar-refractivity contribution is 9.10. The quantitative estimate of drug-likeness (QED) is 0.587. The minimum Gasteiger partial charge on any atom is -0.379 e. The van der Waals surface area contributed by atoms with Crippen LogP contribution in [0, 0.1) is 5.92 Å². The molecule has 0 unspecified atom stereocenters. The van der Waals surface area contributed by atoms with E-state index in [4.69, 9.17) is 16.3 Å². The van der Waals surface area contributed by atoms with Crippen LogP contribution >= 0.6 is 27.5 Å². The molecule has 0 N–H and O–H groups in total. The van der Waals surface area contributed by atoms with Gasteiger partial charge >= 0.3 is 0 Å². The maximum Gasteiger partial charge on any atom is 0.256 e. The van der Waals surface area contributed by atoms with Crippen LogP contribution in [0.4, 0.5) is 0 Å². The zero-order valence-corrected chi connectivity index (χ0v) is 13.1. The van der Waals surface area contributed by atoms with Crippen LogP contribution in [0.15, 0.2) is 16.7 Å². The van der Waals surface area contributed by atoms with E-state index in [0.717, 1.165) is 17.0 Å². The minimum absolute atomic E-state index is 0.145. The Hall–Kier alpha value is -0.650. The van der Waals surface area contributed by atoms with Crippen LogP contribution in [-0.4, -0.2) is 42.6 Å². The number of rotatable bonds is 6. The number of aromatic nitrogens is 1. The normalized spacial score (nSPS) is 14.5. The predicted molar refractivity (Wildman–Crippen MR) is 77.5 cm³/mol. The van der Waals surface area contributed by atoms with E-state index in [2.05, 4.69) is 20.9 Å². The number of hydrogen-bond acceptors (Lipinski definition) is 3. The maximum absolute atomic E-state index is 12.2. The molecule has 1 amide bonds. The summed E-state index contributed by atoms with van der Waals surface area (Å²) in [6, 6.07) is 1.68. The number of halogens is 2. The third kappa shape index (κ3) is 4.44. The number of hydrogen-bond donors (Lipinski definition) is 0. The van der Waals surface area contributed by atoms with Crippen LogP contribution in [-0.2, 0) is 4.74 Å². The summed E-state index contributed by atoms with van der Waals surface area (Å²) in [7, 11) is 1.74. The van der Waals surface area contributed by atoms with Crippen molar-refractivity contribution in [3.8, 4) is 0 Å². The Morgan fingerprint density at radius 3 is 3.05 bits per heavy atom. The predicted octanol–water partition coefficient (Wildman–Crippen LogP) is 3.00. The van der Waals surface area contributed by atoms with Crippen LogP contribution in [0.5, 0.6) is 0 Å². The van der Waals surface area contributed by atoms with E-state index in [-0.39, 0.29) is 11.1 Å². The molecule has 0 saturated heterocycles. The lowest BCUT2D eigenvalue weighted by molar-refractivity contribution is 0.0681. The molecular formula is C13H16BrClN2O2. The summed E-state index contributed by atoms with van der Waals surface area (Å²) in [5.41, 5.74) is 0.403. The van der Waals surface area contributed by atoms with Crippen molar-refractivity contribution in [2.75, 3.05) is 26.8 Å². The molecule has 19 heavy (non-hydrogen) atoms. The van der Waals surface area contributed by atoms with E-state index < -0.39 is 0 Å². The van der Waals surface area contributed by atoms with Gasteiger partial charge in [0.2, 0.25) is 0 Å². The van der Waals surface area contributed by atoms with Crippen LogP contribution in [0.2, 0.25) is 5.15 Å². The first-order valence-corrected chi connectivity index (χ1v) is 7.39. The number of amides is 1. The second-order valence-electron chi connectivity index (χ2n) is 4.74. The molecule has 0 spiro atoms. The van der Waals surface area contributed by atoms with E-state index >= 15 is 0 Å². The number of carbonyl (C=O) groups is 1. The summed E-state index contributed by atoms with van der Waals surface area (Å²) in [5.74, 6) is 0.596. The summed E-state index contributed by atoms with van der Waals surface area (Å²) in [5, 5.41) is 0.221. The Balaban J connectivity index is 1.84. The Morgan fingerprint density at radius 1 is 1.63 bits per heavy atom. The van der Waals surface area contributed by atoms with Crippen LogP contribution in [0.25, 0.3) is 0 Å². The monoisotopic (exact) mass is 346 g/mol. The van der Waals surface area contributed by atoms with Crippen molar-refractivity contribution in [2.45, 2.75) is 12.8 Å². The average Bonchev–Trinajstić information content (AvgIpc) is 3.20. The van der Waals surface area contributed by atoms with Gasteiger partial charge in [0.15, 0.2) is 0 Å². The van der Waals surface area contributed by atoms with Gasteiger partial charge in [0.1, 0.15) is 5.15 Å². The number of carbonyl (C=O) groups excluding carboxylic acids is 1. The summed E-state index contributed by atoms with van der Waals surface area (Å²) in [4.78, 5) is 17.7. The zero-order valence-electron chi connectivity index (χ0n) is 10.7. The molecular weight excluding hydrogens is 332 g/mol. The summed E-state index contributed by atoms with van der Waals surface area (Å²) >= 11 is 9.22. The lowest BCUT2D eigenvalue weighted by Gasteiger charge is -2.17. The molecule has 1 aliphatic carbocycles. The van der Waals surface area contributed by atoms with Gasteiger partial charge in [-0.05, 0) is 40.8 Å². The molecule has 6 heteroatoms. The number of likely N-dealkylation sites (N-methyl/N-ethyl adjacent to an activating group) is 1. The van der Waals surface area contributed by atoms with Gasteiger partial charge in [0.05, 0.1) is 12.2 Å². The fourth-order valence-electron chi connectivity index (χ4n) is 1.62. The molecule has 104 valence electrons. The maximum atomic E-state index is 12.2. The van der Waals surface area contributed by atoms with Gasteiger partial charge in [-0.15, -0.1) is 0 Å². The third-order valence-electron chi connectivity index (χ3n) is 3.00. The van der Waals surface area contributed by atoms with Crippen molar-refractivity contribution in [3.63, 3.8) is 0 Å². The average molecular weight is 348 g/mol. The fourth-order valence-corrected chi connectivity index (χ4v) is 2.13. The Bertz CT molecular complexity index is 466. The molecule has 0 radical (unpaired) electrons. The molecule has 1 aliphatic rings. The van der Waals surface area contributed by atoms with Crippen LogP contribution in [0.3, 0.4) is 0 Å². The van der Waals surface area contributed by atoms with E-state index in [1.807, 2.05) is 0 Å². The molecule has 1 heterocycles. The highest BCUT2D eigenvalue weighted by atomic mass is 79.9. The van der Waals surface area contributed by atoms with Crippen molar-refractivity contribution in [1.29, 1.82) is 0 Å². The molecule has 1 fully saturated rings. The lowest BCUT2D eigenvalue weighted by Crippen LogP contribution is -2.30. The SMILES string of the molecule is CN(CCOCC1CC1)C(=O)c1cc(Br)cnc1Cl. The van der Waals surface area contributed by atoms with Gasteiger partial charge < -0.3 is 9.64 Å². The highest BCUT2D eigenvalue weighted by Crippen LogP contribution is 2.28. The van der Waals surface area contributed by atoms with Gasteiger partial charge in [0, 0.05) is 30.9 Å². The first-order valence-electron chi connectivity index (χ1n) is 6.22. The second-order valence-corrected chi connectivity index (χ2v) is 6.01. The first-order chi connectivity index (χ1) is 9.08. The number of pyridine rings is 1. The molecule has 1 aromatic rings. The largest absolute Gasteiger partial charge is 0.379 e. The molecule has 0 aliphatic heterocycles. The lowest BCUT2D eigenvalue weighted by atomic mass is 10.2. The van der Waals surface area contributed by atoms with E-state index in [0.29, 0.717) is 18.7 Å². The van der Waals surface area contributed by atoms with E-state index in [9.17, 15) is 4.79 Å². The number of nitrogens with zero attached hydrogens (tertiary/aromatic N) is 2. The van der Waals surface area contributed by atoms with Crippen molar-refractivity contribution in [1.82, 2.24) is 9.88 Å². The van der Waals surface area contributed by atoms with Crippen LogP contribution in [0.1, 0.15) is 23.2 Å². The molecule has 0 atom stereocenters. The molecule has 2 rings (SSSR count). The Morgan fingerprint density at radius 2 is 2.37 bits per heavy atom. The van der Waals surface area contributed by atoms with Crippen molar-refractivity contribution >= 4 is 33.4 Å². The molecule has 1 aromatic heterocycles. The summed E-state index contributed by atoms with van der Waals surface area (Å²) in [6.45, 7) is 1.91. The zero-order chi connectivity index (χ0) is 13.8. The van der Waals surface area contributed by atoms with Crippen molar-refractivity contribution < 1.29 is 9.53 Å². The standard InChI is InChI=1S/C13H16BrClN2O2/c1-17(4-5-19-8-9-2-3-9)13(18)11-6-10(14)7-16-12(11)15/h6-7,9H,2-5,8H2,1H3. The van der Waals surface area contributed by atoms with Gasteiger partial charge in [-0.2, -0.15) is 0 Å². The third-order valence-corrected chi connectivity index (χ3v) is 3.74. The summed E-state index contributed by atoms with van der Waals surface area (Å²) < 4.78 is 6.25. The van der Waals surface area contributed by atoms with Gasteiger partial charge in [-0.25, -0.2) is 4.98 Å². The first kappa shape index (κ1) is 14.8.